The number of benzene rings is 1. The summed E-state index contributed by atoms with van der Waals surface area (Å²) in [4.78, 5) is 26.6. The molecule has 1 aromatic carbocycles. The first-order chi connectivity index (χ1) is 13.1. The van der Waals surface area contributed by atoms with Gasteiger partial charge in [-0.15, -0.1) is 10.2 Å². The number of anilines is 1. The number of carbonyl (C=O) groups excluding carboxylic acids is 2. The zero-order chi connectivity index (χ0) is 18.8. The van der Waals surface area contributed by atoms with Gasteiger partial charge in [0.15, 0.2) is 0 Å². The van der Waals surface area contributed by atoms with Gasteiger partial charge in [-0.05, 0) is 30.9 Å². The van der Waals surface area contributed by atoms with Crippen molar-refractivity contribution >= 4 is 28.3 Å². The van der Waals surface area contributed by atoms with Crippen molar-refractivity contribution in [1.29, 1.82) is 0 Å². The van der Waals surface area contributed by atoms with Crippen LogP contribution >= 0.6 is 11.3 Å². The molecular formula is C19H22N4O3S. The van der Waals surface area contributed by atoms with Crippen LogP contribution in [0.25, 0.3) is 0 Å². The van der Waals surface area contributed by atoms with Crippen molar-refractivity contribution < 1.29 is 14.3 Å². The number of amides is 2. The molecule has 27 heavy (non-hydrogen) atoms. The number of rotatable bonds is 6. The molecule has 1 fully saturated rings. The molecule has 1 atom stereocenters. The van der Waals surface area contributed by atoms with Gasteiger partial charge in [0, 0.05) is 25.6 Å². The Morgan fingerprint density at radius 2 is 2.00 bits per heavy atom. The molecule has 142 valence electrons. The number of aromatic nitrogens is 2. The largest absolute Gasteiger partial charge is 0.374 e. The lowest BCUT2D eigenvalue weighted by atomic mass is 10.1. The maximum Gasteiger partial charge on any atom is 0.229 e. The molecule has 1 saturated heterocycles. The average molecular weight is 386 g/mol. The van der Waals surface area contributed by atoms with Crippen LogP contribution in [0.3, 0.4) is 0 Å². The Morgan fingerprint density at radius 3 is 2.70 bits per heavy atom. The highest BCUT2D eigenvalue weighted by molar-refractivity contribution is 7.15. The van der Waals surface area contributed by atoms with E-state index in [-0.39, 0.29) is 30.2 Å². The van der Waals surface area contributed by atoms with Gasteiger partial charge in [-0.3, -0.25) is 14.5 Å². The first-order valence-electron chi connectivity index (χ1n) is 9.21. The maximum absolute atomic E-state index is 12.7. The van der Waals surface area contributed by atoms with Crippen LogP contribution in [-0.2, 0) is 33.8 Å². The summed E-state index contributed by atoms with van der Waals surface area (Å²) >= 11 is 1.34. The van der Waals surface area contributed by atoms with Crippen LogP contribution in [0.15, 0.2) is 24.3 Å². The molecule has 1 aromatic heterocycles. The Bertz CT molecular complexity index is 828. The third kappa shape index (κ3) is 3.86. The standard InChI is InChI=1S/C19H22N4O3S/c1-2-26-11-16-21-22-19(27-16)23-10-14(9-17(23)24)18(25)20-15-7-12-5-3-4-6-13(12)8-15/h3-6,14-15H,2,7-11H2,1H3,(H,20,25). The van der Waals surface area contributed by atoms with Crippen molar-refractivity contribution in [3.63, 3.8) is 0 Å². The molecule has 2 aliphatic rings. The second-order valence-corrected chi connectivity index (χ2v) is 7.94. The molecular weight excluding hydrogens is 364 g/mol. The number of carbonyl (C=O) groups is 2. The molecule has 1 aliphatic carbocycles. The highest BCUT2D eigenvalue weighted by atomic mass is 32.1. The predicted octanol–water partition coefficient (Wildman–Crippen LogP) is 1.71. The topological polar surface area (TPSA) is 84.4 Å². The van der Waals surface area contributed by atoms with Gasteiger partial charge in [-0.2, -0.15) is 0 Å². The third-order valence-corrected chi connectivity index (χ3v) is 5.93. The zero-order valence-corrected chi connectivity index (χ0v) is 16.0. The maximum atomic E-state index is 12.7. The summed E-state index contributed by atoms with van der Waals surface area (Å²) in [6.45, 7) is 3.26. The molecule has 0 saturated carbocycles. The summed E-state index contributed by atoms with van der Waals surface area (Å²) in [5.41, 5.74) is 2.59. The molecule has 2 amide bonds. The van der Waals surface area contributed by atoms with Gasteiger partial charge in [0.1, 0.15) is 11.6 Å². The van der Waals surface area contributed by atoms with E-state index in [0.717, 1.165) is 17.8 Å². The van der Waals surface area contributed by atoms with Crippen LogP contribution < -0.4 is 10.2 Å². The lowest BCUT2D eigenvalue weighted by Crippen LogP contribution is -2.40. The summed E-state index contributed by atoms with van der Waals surface area (Å²) in [5.74, 6) is -0.480. The fourth-order valence-corrected chi connectivity index (χ4v) is 4.45. The van der Waals surface area contributed by atoms with Crippen molar-refractivity contribution in [2.45, 2.75) is 38.8 Å². The lowest BCUT2D eigenvalue weighted by molar-refractivity contribution is -0.126. The molecule has 1 unspecified atom stereocenters. The van der Waals surface area contributed by atoms with Crippen LogP contribution in [0.4, 0.5) is 5.13 Å². The molecule has 1 N–H and O–H groups in total. The van der Waals surface area contributed by atoms with Crippen LogP contribution in [-0.4, -0.2) is 41.2 Å². The molecule has 7 nitrogen and oxygen atoms in total. The smallest absolute Gasteiger partial charge is 0.229 e. The van der Waals surface area contributed by atoms with Gasteiger partial charge >= 0.3 is 0 Å². The Balaban J connectivity index is 1.35. The van der Waals surface area contributed by atoms with Crippen LogP contribution in [0.2, 0.25) is 0 Å². The number of nitrogens with zero attached hydrogens (tertiary/aromatic N) is 3. The molecule has 8 heteroatoms. The van der Waals surface area contributed by atoms with Crippen molar-refractivity contribution in [1.82, 2.24) is 15.5 Å². The Kier molecular flexibility index (Phi) is 5.18. The fraction of sp³-hybridized carbons (Fsp3) is 0.474. The van der Waals surface area contributed by atoms with Crippen LogP contribution in [0.1, 0.15) is 29.5 Å². The van der Waals surface area contributed by atoms with E-state index in [0.29, 0.717) is 24.9 Å². The summed E-state index contributed by atoms with van der Waals surface area (Å²) in [5, 5.41) is 12.5. The van der Waals surface area contributed by atoms with E-state index >= 15 is 0 Å². The number of hydrogen-bond acceptors (Lipinski definition) is 6. The van der Waals surface area contributed by atoms with Crippen molar-refractivity contribution in [2.75, 3.05) is 18.1 Å². The number of hydrogen-bond donors (Lipinski definition) is 1. The number of nitrogens with one attached hydrogen (secondary N) is 1. The molecule has 2 aromatic rings. The molecule has 2 heterocycles. The van der Waals surface area contributed by atoms with E-state index in [2.05, 4.69) is 27.6 Å². The van der Waals surface area contributed by atoms with E-state index in [1.807, 2.05) is 19.1 Å². The van der Waals surface area contributed by atoms with E-state index in [1.54, 1.807) is 4.90 Å². The molecule has 4 rings (SSSR count). The van der Waals surface area contributed by atoms with Crippen LogP contribution in [0, 0.1) is 5.92 Å². The van der Waals surface area contributed by atoms with Gasteiger partial charge in [0.2, 0.25) is 16.9 Å². The zero-order valence-electron chi connectivity index (χ0n) is 15.2. The summed E-state index contributed by atoms with van der Waals surface area (Å²) in [7, 11) is 0. The predicted molar refractivity (Wildman–Crippen MR) is 101 cm³/mol. The van der Waals surface area contributed by atoms with E-state index in [4.69, 9.17) is 4.74 Å². The van der Waals surface area contributed by atoms with Crippen molar-refractivity contribution in [3.8, 4) is 0 Å². The monoisotopic (exact) mass is 386 g/mol. The van der Waals surface area contributed by atoms with Crippen molar-refractivity contribution in [2.24, 2.45) is 5.92 Å². The number of fused-ring (bicyclic) bond motifs is 1. The first-order valence-corrected chi connectivity index (χ1v) is 10.0. The third-order valence-electron chi connectivity index (χ3n) is 5.01. The van der Waals surface area contributed by atoms with E-state index in [1.165, 1.54) is 22.5 Å². The van der Waals surface area contributed by atoms with Gasteiger partial charge in [0.05, 0.1) is 5.92 Å². The summed E-state index contributed by atoms with van der Waals surface area (Å²) < 4.78 is 5.32. The Labute approximate surface area is 161 Å². The van der Waals surface area contributed by atoms with Gasteiger partial charge in [-0.1, -0.05) is 35.6 Å². The molecule has 0 spiro atoms. The second-order valence-electron chi connectivity index (χ2n) is 6.90. The molecule has 0 bridgehead atoms. The highest BCUT2D eigenvalue weighted by Crippen LogP contribution is 2.29. The van der Waals surface area contributed by atoms with E-state index in [9.17, 15) is 9.59 Å². The van der Waals surface area contributed by atoms with Crippen molar-refractivity contribution in [3.05, 3.63) is 40.4 Å². The van der Waals surface area contributed by atoms with Gasteiger partial charge < -0.3 is 10.1 Å². The van der Waals surface area contributed by atoms with Gasteiger partial charge in [0.25, 0.3) is 0 Å². The first kappa shape index (κ1) is 18.1. The van der Waals surface area contributed by atoms with Gasteiger partial charge in [-0.25, -0.2) is 0 Å². The molecule has 0 radical (unpaired) electrons. The average Bonchev–Trinajstić information content (AvgIpc) is 3.37. The lowest BCUT2D eigenvalue weighted by Gasteiger charge is -2.16. The Morgan fingerprint density at radius 1 is 1.26 bits per heavy atom. The summed E-state index contributed by atoms with van der Waals surface area (Å²) in [6.07, 6.45) is 1.92. The van der Waals surface area contributed by atoms with Crippen LogP contribution in [0.5, 0.6) is 0 Å². The SMILES string of the molecule is CCOCc1nnc(N2CC(C(=O)NC3Cc4ccccc4C3)CC2=O)s1. The Hall–Kier alpha value is -2.32. The minimum atomic E-state index is -0.347. The summed E-state index contributed by atoms with van der Waals surface area (Å²) in [6, 6.07) is 8.38. The second kappa shape index (κ2) is 7.74. The quantitative estimate of drug-likeness (QED) is 0.817. The highest BCUT2D eigenvalue weighted by Gasteiger charge is 2.37. The molecule has 1 aliphatic heterocycles. The normalized spacial score (nSPS) is 19.5. The minimum absolute atomic E-state index is 0.0530. The number of ether oxygens (including phenoxy) is 1. The van der Waals surface area contributed by atoms with E-state index < -0.39 is 0 Å². The minimum Gasteiger partial charge on any atom is -0.374 e. The fourth-order valence-electron chi connectivity index (χ4n) is 3.65.